The number of nitrogens with zero attached hydrogens (tertiary/aromatic N) is 4. The standard InChI is InChI=1S/C20H24F3N5O2S/c1-13-17(18(30)26(2)3)31-19(24-13)25-16(29)12-27-7-9-28(10-8-27)15-6-4-5-14(11-15)20(21,22)23/h4-6,11H,7-10,12H2,1-3H3,(H,24,25,29). The predicted molar refractivity (Wildman–Crippen MR) is 114 cm³/mol. The molecule has 1 N–H and O–H groups in total. The van der Waals surface area contributed by atoms with Crippen molar-refractivity contribution in [1.29, 1.82) is 0 Å². The van der Waals surface area contributed by atoms with E-state index in [2.05, 4.69) is 10.3 Å². The van der Waals surface area contributed by atoms with Crippen LogP contribution in [0.15, 0.2) is 24.3 Å². The van der Waals surface area contributed by atoms with E-state index in [1.165, 1.54) is 11.0 Å². The van der Waals surface area contributed by atoms with Gasteiger partial charge in [0, 0.05) is 46.0 Å². The molecule has 11 heteroatoms. The first-order valence-electron chi connectivity index (χ1n) is 9.68. The number of carbonyl (C=O) groups is 2. The Hall–Kier alpha value is -2.66. The van der Waals surface area contributed by atoms with E-state index >= 15 is 0 Å². The van der Waals surface area contributed by atoms with E-state index in [4.69, 9.17) is 0 Å². The smallest absolute Gasteiger partial charge is 0.369 e. The van der Waals surface area contributed by atoms with Gasteiger partial charge < -0.3 is 15.1 Å². The molecule has 31 heavy (non-hydrogen) atoms. The van der Waals surface area contributed by atoms with Gasteiger partial charge in [-0.2, -0.15) is 13.2 Å². The Balaban J connectivity index is 1.53. The van der Waals surface area contributed by atoms with Gasteiger partial charge in [-0.25, -0.2) is 4.98 Å². The van der Waals surface area contributed by atoms with Crippen LogP contribution < -0.4 is 10.2 Å². The Morgan fingerprint density at radius 3 is 2.48 bits per heavy atom. The van der Waals surface area contributed by atoms with Gasteiger partial charge in [0.15, 0.2) is 5.13 Å². The maximum atomic E-state index is 12.9. The minimum atomic E-state index is -4.37. The third-order valence-corrected chi connectivity index (χ3v) is 5.98. The molecule has 1 saturated heterocycles. The van der Waals surface area contributed by atoms with Gasteiger partial charge in [-0.15, -0.1) is 0 Å². The van der Waals surface area contributed by atoms with Crippen molar-refractivity contribution in [1.82, 2.24) is 14.8 Å². The van der Waals surface area contributed by atoms with E-state index in [1.54, 1.807) is 27.1 Å². The molecule has 2 heterocycles. The summed E-state index contributed by atoms with van der Waals surface area (Å²) in [5.41, 5.74) is 0.418. The summed E-state index contributed by atoms with van der Waals surface area (Å²) in [4.78, 5) is 34.5. The quantitative estimate of drug-likeness (QED) is 0.751. The zero-order valence-electron chi connectivity index (χ0n) is 17.5. The van der Waals surface area contributed by atoms with Crippen LogP contribution in [0.1, 0.15) is 20.9 Å². The number of hydrogen-bond acceptors (Lipinski definition) is 6. The second-order valence-electron chi connectivity index (χ2n) is 7.49. The lowest BCUT2D eigenvalue weighted by molar-refractivity contribution is -0.137. The van der Waals surface area contributed by atoms with Crippen molar-refractivity contribution in [3.8, 4) is 0 Å². The molecule has 2 aromatic rings. The second kappa shape index (κ2) is 9.23. The van der Waals surface area contributed by atoms with Crippen molar-refractivity contribution in [2.75, 3.05) is 57.0 Å². The molecule has 1 aliphatic heterocycles. The van der Waals surface area contributed by atoms with Gasteiger partial charge in [-0.05, 0) is 25.1 Å². The summed E-state index contributed by atoms with van der Waals surface area (Å²) in [6, 6.07) is 5.28. The molecule has 1 aromatic carbocycles. The van der Waals surface area contributed by atoms with Crippen molar-refractivity contribution >= 4 is 34.0 Å². The molecule has 1 aliphatic rings. The van der Waals surface area contributed by atoms with Gasteiger partial charge in [0.25, 0.3) is 5.91 Å². The predicted octanol–water partition coefficient (Wildman–Crippen LogP) is 2.93. The molecule has 0 atom stereocenters. The fraction of sp³-hybridized carbons (Fsp3) is 0.450. The minimum absolute atomic E-state index is 0.145. The summed E-state index contributed by atoms with van der Waals surface area (Å²) >= 11 is 1.13. The summed E-state index contributed by atoms with van der Waals surface area (Å²) in [6.07, 6.45) is -4.37. The van der Waals surface area contributed by atoms with E-state index in [0.717, 1.165) is 23.5 Å². The van der Waals surface area contributed by atoms with E-state index in [9.17, 15) is 22.8 Å². The number of aromatic nitrogens is 1. The van der Waals surface area contributed by atoms with Gasteiger partial charge >= 0.3 is 6.18 Å². The molecular weight excluding hydrogens is 431 g/mol. The number of thiazole rings is 1. The van der Waals surface area contributed by atoms with Crippen LogP contribution in [0, 0.1) is 6.92 Å². The number of amides is 2. The summed E-state index contributed by atoms with van der Waals surface area (Å²) in [6.45, 7) is 4.00. The van der Waals surface area contributed by atoms with Crippen LogP contribution in [-0.4, -0.2) is 73.4 Å². The summed E-state index contributed by atoms with van der Waals surface area (Å²) in [5.74, 6) is -0.411. The lowest BCUT2D eigenvalue weighted by atomic mass is 10.1. The number of halogens is 3. The van der Waals surface area contributed by atoms with Gasteiger partial charge in [-0.3, -0.25) is 14.5 Å². The van der Waals surface area contributed by atoms with E-state index in [-0.39, 0.29) is 18.4 Å². The van der Waals surface area contributed by atoms with Crippen LogP contribution in [0.4, 0.5) is 24.0 Å². The van der Waals surface area contributed by atoms with Gasteiger partial charge in [0.05, 0.1) is 17.8 Å². The van der Waals surface area contributed by atoms with Crippen molar-refractivity contribution < 1.29 is 22.8 Å². The van der Waals surface area contributed by atoms with Crippen molar-refractivity contribution in [3.05, 3.63) is 40.4 Å². The molecule has 3 rings (SSSR count). The number of hydrogen-bond donors (Lipinski definition) is 1. The van der Waals surface area contributed by atoms with E-state index in [0.29, 0.717) is 47.6 Å². The zero-order chi connectivity index (χ0) is 22.8. The number of piperazine rings is 1. The lowest BCUT2D eigenvalue weighted by Gasteiger charge is -2.35. The Morgan fingerprint density at radius 2 is 1.87 bits per heavy atom. The van der Waals surface area contributed by atoms with Gasteiger partial charge in [-0.1, -0.05) is 17.4 Å². The number of aryl methyl sites for hydroxylation is 1. The molecule has 0 bridgehead atoms. The summed E-state index contributed by atoms with van der Waals surface area (Å²) < 4.78 is 38.8. The summed E-state index contributed by atoms with van der Waals surface area (Å²) in [5, 5.41) is 3.10. The normalized spacial score (nSPS) is 15.1. The largest absolute Gasteiger partial charge is 0.416 e. The SMILES string of the molecule is Cc1nc(NC(=O)CN2CCN(c3cccc(C(F)(F)F)c3)CC2)sc1C(=O)N(C)C. The summed E-state index contributed by atoms with van der Waals surface area (Å²) in [7, 11) is 3.30. The molecule has 7 nitrogen and oxygen atoms in total. The molecule has 2 amide bonds. The fourth-order valence-electron chi connectivity index (χ4n) is 3.26. The van der Waals surface area contributed by atoms with Gasteiger partial charge in [0.1, 0.15) is 4.88 Å². The number of alkyl halides is 3. The van der Waals surface area contributed by atoms with Crippen molar-refractivity contribution in [2.45, 2.75) is 13.1 Å². The van der Waals surface area contributed by atoms with E-state index < -0.39 is 11.7 Å². The van der Waals surface area contributed by atoms with E-state index in [1.807, 2.05) is 9.80 Å². The molecular formula is C20H24F3N5O2S. The molecule has 168 valence electrons. The number of nitrogens with one attached hydrogen (secondary N) is 1. The molecule has 0 unspecified atom stereocenters. The Kier molecular flexibility index (Phi) is 6.85. The highest BCUT2D eigenvalue weighted by Crippen LogP contribution is 2.32. The zero-order valence-corrected chi connectivity index (χ0v) is 18.3. The first-order chi connectivity index (χ1) is 14.5. The first kappa shape index (κ1) is 23.0. The molecule has 0 aliphatic carbocycles. The average Bonchev–Trinajstić information content (AvgIpc) is 3.07. The fourth-order valence-corrected chi connectivity index (χ4v) is 4.26. The number of benzene rings is 1. The Morgan fingerprint density at radius 1 is 1.19 bits per heavy atom. The van der Waals surface area contributed by atoms with Crippen LogP contribution in [0.25, 0.3) is 0 Å². The molecule has 1 aromatic heterocycles. The maximum Gasteiger partial charge on any atom is 0.416 e. The van der Waals surface area contributed by atoms with Crippen molar-refractivity contribution in [2.24, 2.45) is 0 Å². The van der Waals surface area contributed by atoms with Gasteiger partial charge in [0.2, 0.25) is 5.91 Å². The third-order valence-electron chi connectivity index (χ3n) is 4.92. The Labute approximate surface area is 182 Å². The van der Waals surface area contributed by atoms with Crippen LogP contribution >= 0.6 is 11.3 Å². The minimum Gasteiger partial charge on any atom is -0.369 e. The second-order valence-corrected chi connectivity index (χ2v) is 8.49. The maximum absolute atomic E-state index is 12.9. The topological polar surface area (TPSA) is 68.8 Å². The number of carbonyl (C=O) groups excluding carboxylic acids is 2. The number of anilines is 2. The third kappa shape index (κ3) is 5.73. The molecule has 1 fully saturated rings. The van der Waals surface area contributed by atoms with Crippen LogP contribution in [0.3, 0.4) is 0 Å². The van der Waals surface area contributed by atoms with Crippen molar-refractivity contribution in [3.63, 3.8) is 0 Å². The average molecular weight is 456 g/mol. The lowest BCUT2D eigenvalue weighted by Crippen LogP contribution is -2.48. The number of rotatable bonds is 5. The molecule has 0 radical (unpaired) electrons. The first-order valence-corrected chi connectivity index (χ1v) is 10.5. The highest BCUT2D eigenvalue weighted by Gasteiger charge is 2.31. The van der Waals surface area contributed by atoms with Crippen LogP contribution in [-0.2, 0) is 11.0 Å². The monoisotopic (exact) mass is 455 g/mol. The molecule has 0 saturated carbocycles. The highest BCUT2D eigenvalue weighted by atomic mass is 32.1. The van der Waals surface area contributed by atoms with Crippen LogP contribution in [0.5, 0.6) is 0 Å². The Bertz CT molecular complexity index is 953. The van der Waals surface area contributed by atoms with Crippen LogP contribution in [0.2, 0.25) is 0 Å². The highest BCUT2D eigenvalue weighted by molar-refractivity contribution is 7.17. The molecule has 0 spiro atoms.